The fourth-order valence-corrected chi connectivity index (χ4v) is 3.76. The number of hydrogen-bond donors (Lipinski definition) is 2. The van der Waals surface area contributed by atoms with Gasteiger partial charge in [0.25, 0.3) is 0 Å². The lowest BCUT2D eigenvalue weighted by Gasteiger charge is -2.24. The van der Waals surface area contributed by atoms with Gasteiger partial charge in [0.1, 0.15) is 0 Å². The minimum atomic E-state index is -0.551. The number of aliphatic hydroxyl groups is 1. The molecule has 160 valence electrons. The van der Waals surface area contributed by atoms with Gasteiger partial charge < -0.3 is 15.4 Å². The van der Waals surface area contributed by atoms with Crippen LogP contribution in [-0.2, 0) is 13.5 Å². The monoisotopic (exact) mass is 398 g/mol. The first kappa shape index (κ1) is 23.4. The number of hydrogen-bond acceptors (Lipinski definition) is 3. The number of Topliss-reactive ketones (excluding diaryl/α,β-unsaturated/α-hetero) is 1. The van der Waals surface area contributed by atoms with Crippen molar-refractivity contribution in [3.63, 3.8) is 0 Å². The van der Waals surface area contributed by atoms with E-state index in [1.165, 1.54) is 11.1 Å². The average molecular weight is 399 g/mol. The van der Waals surface area contributed by atoms with Gasteiger partial charge in [-0.15, -0.1) is 0 Å². The minimum absolute atomic E-state index is 0.0172. The third-order valence-electron chi connectivity index (χ3n) is 5.95. The van der Waals surface area contributed by atoms with Gasteiger partial charge in [-0.25, -0.2) is 0 Å². The number of benzene rings is 1. The van der Waals surface area contributed by atoms with Crippen LogP contribution >= 0.6 is 0 Å². The summed E-state index contributed by atoms with van der Waals surface area (Å²) in [7, 11) is 1.97. The second kappa shape index (κ2) is 10.2. The van der Waals surface area contributed by atoms with Crippen molar-refractivity contribution in [2.24, 2.45) is 12.8 Å². The van der Waals surface area contributed by atoms with Crippen LogP contribution in [0.25, 0.3) is 0 Å². The number of aromatic nitrogens is 1. The zero-order chi connectivity index (χ0) is 21.6. The van der Waals surface area contributed by atoms with Gasteiger partial charge in [-0.1, -0.05) is 45.0 Å². The Bertz CT molecular complexity index is 805. The first-order valence-electron chi connectivity index (χ1n) is 10.8. The molecule has 0 bridgehead atoms. The SMILES string of the molecule is CC(C)c1cccc(CCCC(=O)c2ccc([C@H](C)CC[C@](C)(N)CO)n2C)c1. The summed E-state index contributed by atoms with van der Waals surface area (Å²) in [6.45, 7) is 8.41. The summed E-state index contributed by atoms with van der Waals surface area (Å²) in [5, 5.41) is 9.34. The molecule has 2 aromatic rings. The Morgan fingerprint density at radius 3 is 2.59 bits per heavy atom. The molecular weight excluding hydrogens is 360 g/mol. The first-order valence-corrected chi connectivity index (χ1v) is 10.8. The Hall–Kier alpha value is -1.91. The van der Waals surface area contributed by atoms with Crippen LogP contribution in [0.4, 0.5) is 0 Å². The number of ketones is 1. The van der Waals surface area contributed by atoms with E-state index in [2.05, 4.69) is 51.1 Å². The van der Waals surface area contributed by atoms with Gasteiger partial charge in [-0.05, 0) is 67.7 Å². The van der Waals surface area contributed by atoms with Crippen molar-refractivity contribution < 1.29 is 9.90 Å². The van der Waals surface area contributed by atoms with Crippen LogP contribution in [0.5, 0.6) is 0 Å². The Morgan fingerprint density at radius 1 is 1.21 bits per heavy atom. The molecule has 0 saturated carbocycles. The van der Waals surface area contributed by atoms with Crippen molar-refractivity contribution in [3.05, 3.63) is 58.9 Å². The van der Waals surface area contributed by atoms with Gasteiger partial charge >= 0.3 is 0 Å². The maximum absolute atomic E-state index is 12.8. The van der Waals surface area contributed by atoms with Crippen molar-refractivity contribution in [2.75, 3.05) is 6.61 Å². The van der Waals surface area contributed by atoms with E-state index in [-0.39, 0.29) is 18.3 Å². The highest BCUT2D eigenvalue weighted by molar-refractivity contribution is 5.94. The fraction of sp³-hybridized carbons (Fsp3) is 0.560. The molecule has 0 aliphatic heterocycles. The van der Waals surface area contributed by atoms with E-state index in [9.17, 15) is 9.90 Å². The van der Waals surface area contributed by atoms with Crippen LogP contribution in [0.3, 0.4) is 0 Å². The maximum atomic E-state index is 12.8. The zero-order valence-corrected chi connectivity index (χ0v) is 18.7. The number of nitrogens with zero attached hydrogens (tertiary/aromatic N) is 1. The van der Waals surface area contributed by atoms with Gasteiger partial charge in [0, 0.05) is 24.7 Å². The standard InChI is InChI=1S/C25H38N2O2/c1-18(2)21-10-6-8-20(16-21)9-7-11-24(29)23-13-12-22(27(23)5)19(3)14-15-25(4,26)17-28/h6,8,10,12-13,16,18-19,28H,7,9,11,14-15,17,26H2,1-5H3/t19-,25+/m1/s1. The van der Waals surface area contributed by atoms with E-state index in [1.54, 1.807) is 0 Å². The van der Waals surface area contributed by atoms with Crippen molar-refractivity contribution in [2.45, 2.75) is 77.2 Å². The lowest BCUT2D eigenvalue weighted by atomic mass is 9.91. The van der Waals surface area contributed by atoms with Gasteiger partial charge in [-0.3, -0.25) is 4.79 Å². The summed E-state index contributed by atoms with van der Waals surface area (Å²) in [6, 6.07) is 12.7. The van der Waals surface area contributed by atoms with E-state index in [4.69, 9.17) is 5.73 Å². The average Bonchev–Trinajstić information content (AvgIpc) is 3.08. The van der Waals surface area contributed by atoms with Crippen LogP contribution in [0.1, 0.15) is 92.5 Å². The largest absolute Gasteiger partial charge is 0.394 e. The lowest BCUT2D eigenvalue weighted by molar-refractivity contribution is 0.0972. The molecule has 0 fully saturated rings. The zero-order valence-electron chi connectivity index (χ0n) is 18.7. The Kier molecular flexibility index (Phi) is 8.23. The highest BCUT2D eigenvalue weighted by Crippen LogP contribution is 2.26. The molecule has 4 heteroatoms. The van der Waals surface area contributed by atoms with Crippen molar-refractivity contribution in [1.29, 1.82) is 0 Å². The third kappa shape index (κ3) is 6.55. The molecule has 1 aromatic heterocycles. The highest BCUT2D eigenvalue weighted by Gasteiger charge is 2.21. The summed E-state index contributed by atoms with van der Waals surface area (Å²) in [5.41, 5.74) is 10.1. The third-order valence-corrected chi connectivity index (χ3v) is 5.95. The van der Waals surface area contributed by atoms with Gasteiger partial charge in [0.05, 0.1) is 12.3 Å². The summed E-state index contributed by atoms with van der Waals surface area (Å²) in [4.78, 5) is 12.8. The molecule has 3 N–H and O–H groups in total. The molecule has 0 unspecified atom stereocenters. The second-order valence-electron chi connectivity index (χ2n) is 9.13. The van der Waals surface area contributed by atoms with Crippen molar-refractivity contribution in [1.82, 2.24) is 4.57 Å². The Labute approximate surface area is 176 Å². The fourth-order valence-electron chi connectivity index (χ4n) is 3.76. The normalized spacial score (nSPS) is 14.8. The number of aliphatic hydroxyl groups excluding tert-OH is 1. The molecule has 0 radical (unpaired) electrons. The van der Waals surface area contributed by atoms with E-state index in [1.807, 2.05) is 24.6 Å². The summed E-state index contributed by atoms with van der Waals surface area (Å²) >= 11 is 0. The number of nitrogens with two attached hydrogens (primary N) is 1. The molecular formula is C25H38N2O2. The Balaban J connectivity index is 1.92. The molecule has 2 atom stereocenters. The summed E-state index contributed by atoms with van der Waals surface area (Å²) in [5.74, 6) is 1.01. The highest BCUT2D eigenvalue weighted by atomic mass is 16.3. The molecule has 2 rings (SSSR count). The van der Waals surface area contributed by atoms with Gasteiger partial charge in [0.15, 0.2) is 5.78 Å². The number of aryl methyl sites for hydroxylation is 1. The summed E-state index contributed by atoms with van der Waals surface area (Å²) < 4.78 is 2.03. The van der Waals surface area contributed by atoms with Crippen molar-refractivity contribution >= 4 is 5.78 Å². The van der Waals surface area contributed by atoms with Gasteiger partial charge in [0.2, 0.25) is 0 Å². The van der Waals surface area contributed by atoms with Crippen LogP contribution in [0.2, 0.25) is 0 Å². The predicted octanol–water partition coefficient (Wildman–Crippen LogP) is 4.95. The molecule has 1 heterocycles. The molecule has 0 amide bonds. The minimum Gasteiger partial charge on any atom is -0.394 e. The predicted molar refractivity (Wildman–Crippen MR) is 121 cm³/mol. The summed E-state index contributed by atoms with van der Waals surface area (Å²) in [6.07, 6.45) is 3.97. The van der Waals surface area contributed by atoms with E-state index < -0.39 is 5.54 Å². The van der Waals surface area contributed by atoms with E-state index in [0.717, 1.165) is 37.1 Å². The van der Waals surface area contributed by atoms with Crippen molar-refractivity contribution in [3.8, 4) is 0 Å². The van der Waals surface area contributed by atoms with Crippen LogP contribution in [0, 0.1) is 0 Å². The molecule has 4 nitrogen and oxygen atoms in total. The quantitative estimate of drug-likeness (QED) is 0.526. The van der Waals surface area contributed by atoms with Crippen LogP contribution in [0.15, 0.2) is 36.4 Å². The number of rotatable bonds is 11. The molecule has 0 aliphatic rings. The topological polar surface area (TPSA) is 68.2 Å². The van der Waals surface area contributed by atoms with Crippen LogP contribution in [-0.4, -0.2) is 27.6 Å². The number of carbonyl (C=O) groups is 1. The second-order valence-corrected chi connectivity index (χ2v) is 9.13. The molecule has 0 aliphatic carbocycles. The molecule has 0 saturated heterocycles. The maximum Gasteiger partial charge on any atom is 0.179 e. The van der Waals surface area contributed by atoms with E-state index >= 15 is 0 Å². The van der Waals surface area contributed by atoms with E-state index in [0.29, 0.717) is 12.3 Å². The van der Waals surface area contributed by atoms with Crippen LogP contribution < -0.4 is 5.73 Å². The Morgan fingerprint density at radius 2 is 1.93 bits per heavy atom. The van der Waals surface area contributed by atoms with Gasteiger partial charge in [-0.2, -0.15) is 0 Å². The first-order chi connectivity index (χ1) is 13.6. The lowest BCUT2D eigenvalue weighted by Crippen LogP contribution is -2.40. The molecule has 29 heavy (non-hydrogen) atoms. The molecule has 1 aromatic carbocycles. The smallest absolute Gasteiger partial charge is 0.179 e. The molecule has 0 spiro atoms. The number of carbonyl (C=O) groups excluding carboxylic acids is 1.